The van der Waals surface area contributed by atoms with Crippen LogP contribution < -0.4 is 20.4 Å². The lowest BCUT2D eigenvalue weighted by molar-refractivity contribution is -0.124. The number of hydrogen-bond donors (Lipinski definition) is 4. The molecular formula is C33H29FN8O4. The zero-order chi connectivity index (χ0) is 32.6. The third-order valence-corrected chi connectivity index (χ3v) is 7.59. The van der Waals surface area contributed by atoms with E-state index in [1.54, 1.807) is 36.7 Å². The number of nitriles is 2. The predicted molar refractivity (Wildman–Crippen MR) is 166 cm³/mol. The molecule has 2 aromatic heterocycles. The van der Waals surface area contributed by atoms with Crippen LogP contribution in [0, 0.1) is 28.5 Å². The SMILES string of the molecule is COc1ccc(-c2c(C#N)cc(N3CCC(NCc4cnc(/C=C/C(=O)NO)nc4)CC3)nc2-c2ccc(C#N)c(F)c2)cc1O. The summed E-state index contributed by atoms with van der Waals surface area (Å²) >= 11 is 0. The number of hydroxylamine groups is 1. The molecule has 1 saturated heterocycles. The molecule has 0 bridgehead atoms. The van der Waals surface area contributed by atoms with E-state index in [0.717, 1.165) is 24.5 Å². The Morgan fingerprint density at radius 3 is 2.43 bits per heavy atom. The van der Waals surface area contributed by atoms with Crippen molar-refractivity contribution in [3.05, 3.63) is 89.3 Å². The van der Waals surface area contributed by atoms with Crippen LogP contribution in [0.1, 0.15) is 35.4 Å². The number of nitrogens with zero attached hydrogens (tertiary/aromatic N) is 6. The molecule has 46 heavy (non-hydrogen) atoms. The molecule has 1 aliphatic rings. The molecule has 13 heteroatoms. The van der Waals surface area contributed by atoms with E-state index in [4.69, 9.17) is 14.9 Å². The van der Waals surface area contributed by atoms with Gasteiger partial charge in [-0.3, -0.25) is 10.0 Å². The standard InChI is InChI=1S/C33H29FN8O4/c1-46-28-5-4-21(13-27(28)43)32-24(16-36)14-30(40-33(32)22-2-3-23(15-35)26(34)12-22)42-10-8-25(9-11-42)37-17-20-18-38-29(39-19-20)6-7-31(44)41-45/h2-7,12-14,18-19,25,37,43,45H,8-11,17H2,1H3,(H,41,44)/b7-6+. The molecule has 2 aromatic carbocycles. The molecule has 4 N–H and O–H groups in total. The fourth-order valence-corrected chi connectivity index (χ4v) is 5.19. The topological polar surface area (TPSA) is 180 Å². The fourth-order valence-electron chi connectivity index (χ4n) is 5.19. The normalized spacial score (nSPS) is 13.3. The number of methoxy groups -OCH3 is 1. The minimum absolute atomic E-state index is 0.106. The minimum atomic E-state index is -0.702. The van der Waals surface area contributed by atoms with Crippen molar-refractivity contribution in [3.8, 4) is 46.0 Å². The second kappa shape index (κ2) is 14.3. The van der Waals surface area contributed by atoms with Crippen LogP contribution in [0.4, 0.5) is 10.2 Å². The van der Waals surface area contributed by atoms with E-state index in [9.17, 15) is 24.8 Å². The summed E-state index contributed by atoms with van der Waals surface area (Å²) in [7, 11) is 1.44. The van der Waals surface area contributed by atoms with Gasteiger partial charge in [-0.1, -0.05) is 12.1 Å². The number of amides is 1. The third-order valence-electron chi connectivity index (χ3n) is 7.59. The third kappa shape index (κ3) is 7.08. The Morgan fingerprint density at radius 1 is 1.09 bits per heavy atom. The first kappa shape index (κ1) is 31.5. The first-order valence-corrected chi connectivity index (χ1v) is 14.3. The second-order valence-electron chi connectivity index (χ2n) is 10.5. The van der Waals surface area contributed by atoms with Crippen molar-refractivity contribution in [1.29, 1.82) is 10.5 Å². The Kier molecular flexibility index (Phi) is 9.78. The quantitative estimate of drug-likeness (QED) is 0.120. The van der Waals surface area contributed by atoms with Crippen molar-refractivity contribution in [2.24, 2.45) is 0 Å². The smallest absolute Gasteiger partial charge is 0.267 e. The minimum Gasteiger partial charge on any atom is -0.504 e. The zero-order valence-corrected chi connectivity index (χ0v) is 24.7. The van der Waals surface area contributed by atoms with Gasteiger partial charge in [0.1, 0.15) is 17.7 Å². The number of nitrogens with one attached hydrogen (secondary N) is 2. The summed E-state index contributed by atoms with van der Waals surface area (Å²) in [6.45, 7) is 1.83. The van der Waals surface area contributed by atoms with Crippen LogP contribution >= 0.6 is 0 Å². The van der Waals surface area contributed by atoms with E-state index >= 15 is 0 Å². The Labute approximate surface area is 264 Å². The highest BCUT2D eigenvalue weighted by Crippen LogP contribution is 2.40. The highest BCUT2D eigenvalue weighted by Gasteiger charge is 2.24. The van der Waals surface area contributed by atoms with Crippen LogP contribution in [0.2, 0.25) is 0 Å². The Morgan fingerprint density at radius 2 is 1.80 bits per heavy atom. The number of ether oxygens (including phenoxy) is 1. The molecule has 1 amide bonds. The molecule has 3 heterocycles. The molecule has 5 rings (SSSR count). The summed E-state index contributed by atoms with van der Waals surface area (Å²) in [6, 6.07) is 14.9. The van der Waals surface area contributed by atoms with E-state index in [-0.39, 0.29) is 23.1 Å². The first-order chi connectivity index (χ1) is 22.3. The fraction of sp³-hybridized carbons (Fsp3) is 0.212. The van der Waals surface area contributed by atoms with Gasteiger partial charge in [0.2, 0.25) is 0 Å². The van der Waals surface area contributed by atoms with Gasteiger partial charge in [-0.15, -0.1) is 0 Å². The van der Waals surface area contributed by atoms with E-state index in [1.165, 1.54) is 36.9 Å². The molecule has 0 spiro atoms. The van der Waals surface area contributed by atoms with Crippen molar-refractivity contribution < 1.29 is 24.2 Å². The van der Waals surface area contributed by atoms with Crippen LogP contribution in [-0.2, 0) is 11.3 Å². The number of rotatable bonds is 9. The maximum absolute atomic E-state index is 14.8. The molecule has 1 aliphatic heterocycles. The Bertz CT molecular complexity index is 1860. The van der Waals surface area contributed by atoms with Gasteiger partial charge < -0.3 is 20.1 Å². The van der Waals surface area contributed by atoms with Crippen molar-refractivity contribution >= 4 is 17.8 Å². The van der Waals surface area contributed by atoms with Gasteiger partial charge in [-0.05, 0) is 54.8 Å². The van der Waals surface area contributed by atoms with Crippen LogP contribution in [0.25, 0.3) is 28.5 Å². The number of aromatic hydroxyl groups is 1. The van der Waals surface area contributed by atoms with E-state index < -0.39 is 11.7 Å². The van der Waals surface area contributed by atoms with Crippen LogP contribution in [0.3, 0.4) is 0 Å². The monoisotopic (exact) mass is 620 g/mol. The lowest BCUT2D eigenvalue weighted by atomic mass is 9.94. The Balaban J connectivity index is 1.36. The van der Waals surface area contributed by atoms with Crippen molar-refractivity contribution in [2.45, 2.75) is 25.4 Å². The van der Waals surface area contributed by atoms with Gasteiger partial charge in [-0.2, -0.15) is 10.5 Å². The summed E-state index contributed by atoms with van der Waals surface area (Å²) in [5, 5.41) is 42.0. The number of piperidine rings is 1. The average molecular weight is 621 g/mol. The van der Waals surface area contributed by atoms with Gasteiger partial charge in [0, 0.05) is 60.8 Å². The average Bonchev–Trinajstić information content (AvgIpc) is 3.09. The summed E-state index contributed by atoms with van der Waals surface area (Å²) in [4.78, 5) is 26.5. The van der Waals surface area contributed by atoms with Crippen LogP contribution in [0.15, 0.2) is 60.9 Å². The summed E-state index contributed by atoms with van der Waals surface area (Å²) in [5.41, 5.74) is 4.21. The molecular weight excluding hydrogens is 591 g/mol. The van der Waals surface area contributed by atoms with Gasteiger partial charge in [0.15, 0.2) is 17.3 Å². The number of anilines is 1. The number of hydrogen-bond acceptors (Lipinski definition) is 11. The number of benzene rings is 2. The predicted octanol–water partition coefficient (Wildman–Crippen LogP) is 4.08. The maximum atomic E-state index is 14.8. The van der Waals surface area contributed by atoms with Gasteiger partial charge in [0.05, 0.1) is 30.0 Å². The molecule has 12 nitrogen and oxygen atoms in total. The van der Waals surface area contributed by atoms with E-state index in [2.05, 4.69) is 26.3 Å². The molecule has 0 atom stereocenters. The highest BCUT2D eigenvalue weighted by molar-refractivity contribution is 5.90. The summed E-state index contributed by atoms with van der Waals surface area (Å²) in [6.07, 6.45) is 7.42. The number of pyridine rings is 1. The molecule has 232 valence electrons. The number of phenolic OH excluding ortho intramolecular Hbond substituents is 1. The second-order valence-corrected chi connectivity index (χ2v) is 10.5. The zero-order valence-electron chi connectivity index (χ0n) is 24.7. The van der Waals surface area contributed by atoms with Crippen molar-refractivity contribution in [3.63, 3.8) is 0 Å². The Hall–Kier alpha value is -5.89. The number of carbonyl (C=O) groups is 1. The number of carbonyl (C=O) groups excluding carboxylic acids is 1. The number of aromatic nitrogens is 3. The highest BCUT2D eigenvalue weighted by atomic mass is 19.1. The van der Waals surface area contributed by atoms with Crippen LogP contribution in [0.5, 0.6) is 11.5 Å². The van der Waals surface area contributed by atoms with Gasteiger partial charge in [-0.25, -0.2) is 24.8 Å². The van der Waals surface area contributed by atoms with E-state index in [0.29, 0.717) is 59.2 Å². The largest absolute Gasteiger partial charge is 0.504 e. The molecule has 1 fully saturated rings. The molecule has 0 saturated carbocycles. The summed E-state index contributed by atoms with van der Waals surface area (Å²) < 4.78 is 20.0. The molecule has 0 aliphatic carbocycles. The maximum Gasteiger partial charge on any atom is 0.267 e. The van der Waals surface area contributed by atoms with Crippen molar-refractivity contribution in [2.75, 3.05) is 25.1 Å². The number of phenols is 1. The van der Waals surface area contributed by atoms with Crippen molar-refractivity contribution in [1.82, 2.24) is 25.7 Å². The first-order valence-electron chi connectivity index (χ1n) is 14.3. The van der Waals surface area contributed by atoms with Gasteiger partial charge in [0.25, 0.3) is 5.91 Å². The number of halogens is 1. The summed E-state index contributed by atoms with van der Waals surface area (Å²) in [5.74, 6) is -0.336. The van der Waals surface area contributed by atoms with Gasteiger partial charge >= 0.3 is 0 Å². The molecule has 4 aromatic rings. The van der Waals surface area contributed by atoms with Crippen LogP contribution in [-0.4, -0.2) is 57.4 Å². The molecule has 0 radical (unpaired) electrons. The molecule has 0 unspecified atom stereocenters. The lowest BCUT2D eigenvalue weighted by Gasteiger charge is -2.34. The lowest BCUT2D eigenvalue weighted by Crippen LogP contribution is -2.42. The van der Waals surface area contributed by atoms with E-state index in [1.807, 2.05) is 6.07 Å².